The molecule has 0 atom stereocenters. The minimum atomic E-state index is -0.396. The zero-order valence-corrected chi connectivity index (χ0v) is 18.9. The van der Waals surface area contributed by atoms with Crippen LogP contribution in [0.25, 0.3) is 0 Å². The lowest BCUT2D eigenvalue weighted by Crippen LogP contribution is -2.38. The van der Waals surface area contributed by atoms with Crippen LogP contribution in [0.3, 0.4) is 0 Å². The van der Waals surface area contributed by atoms with Gasteiger partial charge in [-0.2, -0.15) is 0 Å². The normalized spacial score (nSPS) is 15.1. The average molecular weight is 478 g/mol. The number of fused-ring (bicyclic) bond motifs is 1. The highest BCUT2D eigenvalue weighted by atomic mass is 19.1. The summed E-state index contributed by atoms with van der Waals surface area (Å²) in [5.41, 5.74) is 0.760. The minimum Gasteiger partial charge on any atom is -0.485 e. The number of benzene rings is 2. The van der Waals surface area contributed by atoms with Gasteiger partial charge < -0.3 is 18.8 Å². The molecular weight excluding hydrogens is 455 g/mol. The number of hydrogen-bond donors (Lipinski definition) is 0. The first kappa shape index (κ1) is 22.6. The highest BCUT2D eigenvalue weighted by Gasteiger charge is 2.29. The molecule has 3 aromatic rings. The van der Waals surface area contributed by atoms with Crippen LogP contribution in [0, 0.1) is 5.82 Å². The van der Waals surface area contributed by atoms with Crippen molar-refractivity contribution in [2.45, 2.75) is 19.4 Å². The SMILES string of the molecule is O=C(COc1ccc(F)cc1)c1ccc2c(c1)N(Cc1ccc(C(=O)N3CCCC3)o1)C(=O)CO2. The molecule has 2 aliphatic rings. The molecular formula is C26H23FN2O6. The smallest absolute Gasteiger partial charge is 0.289 e. The van der Waals surface area contributed by atoms with E-state index >= 15 is 0 Å². The van der Waals surface area contributed by atoms with E-state index in [9.17, 15) is 18.8 Å². The molecule has 2 amide bonds. The molecule has 1 fully saturated rings. The maximum absolute atomic E-state index is 13.1. The first-order valence-electron chi connectivity index (χ1n) is 11.3. The molecule has 0 radical (unpaired) electrons. The van der Waals surface area contributed by atoms with Gasteiger partial charge in [0.2, 0.25) is 0 Å². The molecule has 5 rings (SSSR count). The van der Waals surface area contributed by atoms with Crippen molar-refractivity contribution in [1.29, 1.82) is 0 Å². The third-order valence-corrected chi connectivity index (χ3v) is 5.99. The second-order valence-electron chi connectivity index (χ2n) is 8.38. The first-order chi connectivity index (χ1) is 17.0. The lowest BCUT2D eigenvalue weighted by atomic mass is 10.1. The summed E-state index contributed by atoms with van der Waals surface area (Å²) in [6.45, 7) is 1.12. The second-order valence-corrected chi connectivity index (χ2v) is 8.38. The number of ether oxygens (including phenoxy) is 2. The molecule has 35 heavy (non-hydrogen) atoms. The summed E-state index contributed by atoms with van der Waals surface area (Å²) in [6.07, 6.45) is 1.96. The zero-order valence-electron chi connectivity index (χ0n) is 18.9. The van der Waals surface area contributed by atoms with Crippen molar-refractivity contribution in [3.05, 3.63) is 77.5 Å². The van der Waals surface area contributed by atoms with E-state index in [2.05, 4.69) is 0 Å². The van der Waals surface area contributed by atoms with E-state index in [4.69, 9.17) is 13.9 Å². The van der Waals surface area contributed by atoms with Gasteiger partial charge in [0.15, 0.2) is 24.8 Å². The number of hydrogen-bond acceptors (Lipinski definition) is 6. The van der Waals surface area contributed by atoms with Gasteiger partial charge in [-0.1, -0.05) is 0 Å². The quantitative estimate of drug-likeness (QED) is 0.480. The Labute approximate surface area is 200 Å². The monoisotopic (exact) mass is 478 g/mol. The van der Waals surface area contributed by atoms with Gasteiger partial charge in [0.05, 0.1) is 12.2 Å². The summed E-state index contributed by atoms with van der Waals surface area (Å²) >= 11 is 0. The van der Waals surface area contributed by atoms with Crippen molar-refractivity contribution < 1.29 is 32.7 Å². The van der Waals surface area contributed by atoms with Crippen molar-refractivity contribution in [3.8, 4) is 11.5 Å². The van der Waals surface area contributed by atoms with Crippen LogP contribution in [0.2, 0.25) is 0 Å². The van der Waals surface area contributed by atoms with Gasteiger partial charge in [0.25, 0.3) is 11.8 Å². The van der Waals surface area contributed by atoms with Crippen molar-refractivity contribution in [2.24, 2.45) is 0 Å². The van der Waals surface area contributed by atoms with Crippen LogP contribution in [0.5, 0.6) is 11.5 Å². The van der Waals surface area contributed by atoms with E-state index in [0.717, 1.165) is 12.8 Å². The number of nitrogens with zero attached hydrogens (tertiary/aromatic N) is 2. The van der Waals surface area contributed by atoms with E-state index < -0.39 is 5.82 Å². The van der Waals surface area contributed by atoms with Crippen LogP contribution in [0.4, 0.5) is 10.1 Å². The standard InChI is InChI=1S/C26H23FN2O6/c27-18-4-6-19(7-5-18)33-15-22(30)17-3-9-23-21(13-17)29(25(31)16-34-23)14-20-8-10-24(35-20)26(32)28-11-1-2-12-28/h3-10,13H,1-2,11-12,14-16H2. The molecule has 0 aliphatic carbocycles. The summed E-state index contributed by atoms with van der Waals surface area (Å²) in [5.74, 6) is 0.356. The van der Waals surface area contributed by atoms with Crippen LogP contribution >= 0.6 is 0 Å². The average Bonchev–Trinajstić information content (AvgIpc) is 3.57. The van der Waals surface area contributed by atoms with Gasteiger partial charge in [-0.15, -0.1) is 0 Å². The fourth-order valence-corrected chi connectivity index (χ4v) is 4.12. The van der Waals surface area contributed by atoms with Crippen LogP contribution in [0.1, 0.15) is 39.5 Å². The zero-order chi connectivity index (χ0) is 24.4. The van der Waals surface area contributed by atoms with E-state index in [-0.39, 0.29) is 43.1 Å². The maximum Gasteiger partial charge on any atom is 0.289 e. The number of likely N-dealkylation sites (tertiary alicyclic amines) is 1. The van der Waals surface area contributed by atoms with Gasteiger partial charge >= 0.3 is 0 Å². The molecule has 2 aromatic carbocycles. The van der Waals surface area contributed by atoms with Gasteiger partial charge in [-0.05, 0) is 67.4 Å². The fourth-order valence-electron chi connectivity index (χ4n) is 4.12. The Morgan fingerprint density at radius 3 is 2.54 bits per heavy atom. The molecule has 9 heteroatoms. The maximum atomic E-state index is 13.1. The van der Waals surface area contributed by atoms with Crippen molar-refractivity contribution in [2.75, 3.05) is 31.2 Å². The molecule has 180 valence electrons. The molecule has 0 saturated carbocycles. The summed E-state index contributed by atoms with van der Waals surface area (Å²) in [7, 11) is 0. The van der Waals surface area contributed by atoms with Gasteiger partial charge in [0, 0.05) is 18.7 Å². The molecule has 0 spiro atoms. The van der Waals surface area contributed by atoms with E-state index in [1.807, 2.05) is 0 Å². The summed E-state index contributed by atoms with van der Waals surface area (Å²) in [4.78, 5) is 41.2. The molecule has 0 unspecified atom stereocenters. The Bertz CT molecular complexity index is 1260. The highest BCUT2D eigenvalue weighted by molar-refractivity contribution is 6.02. The van der Waals surface area contributed by atoms with Crippen molar-refractivity contribution >= 4 is 23.3 Å². The van der Waals surface area contributed by atoms with E-state index in [0.29, 0.717) is 41.6 Å². The number of Topliss-reactive ketones (excluding diaryl/α,β-unsaturated/α-hetero) is 1. The molecule has 3 heterocycles. The molecule has 2 aliphatic heterocycles. The Hall–Kier alpha value is -4.14. The number of rotatable bonds is 7. The number of ketones is 1. The highest BCUT2D eigenvalue weighted by Crippen LogP contribution is 2.34. The third-order valence-electron chi connectivity index (χ3n) is 5.99. The van der Waals surface area contributed by atoms with Gasteiger partial charge in [-0.25, -0.2) is 4.39 Å². The number of carbonyl (C=O) groups excluding carboxylic acids is 3. The van der Waals surface area contributed by atoms with Gasteiger partial charge in [0.1, 0.15) is 23.1 Å². The number of amides is 2. The third kappa shape index (κ3) is 4.89. The number of anilines is 1. The minimum absolute atomic E-state index is 0.0895. The number of halogens is 1. The molecule has 1 aromatic heterocycles. The van der Waals surface area contributed by atoms with E-state index in [1.54, 1.807) is 35.2 Å². The predicted octanol–water partition coefficient (Wildman–Crippen LogP) is 3.84. The second kappa shape index (κ2) is 9.61. The summed E-state index contributed by atoms with van der Waals surface area (Å²) in [5, 5.41) is 0. The topological polar surface area (TPSA) is 89.3 Å². The predicted molar refractivity (Wildman–Crippen MR) is 123 cm³/mol. The molecule has 1 saturated heterocycles. The van der Waals surface area contributed by atoms with Crippen LogP contribution in [-0.2, 0) is 11.3 Å². The number of carbonyl (C=O) groups is 3. The Kier molecular flexibility index (Phi) is 6.22. The lowest BCUT2D eigenvalue weighted by Gasteiger charge is -2.29. The fraction of sp³-hybridized carbons (Fsp3) is 0.269. The molecule has 0 bridgehead atoms. The Morgan fingerprint density at radius 1 is 1.00 bits per heavy atom. The Morgan fingerprint density at radius 2 is 1.77 bits per heavy atom. The van der Waals surface area contributed by atoms with Crippen LogP contribution in [-0.4, -0.2) is 48.8 Å². The van der Waals surface area contributed by atoms with Crippen molar-refractivity contribution in [1.82, 2.24) is 4.90 Å². The number of furan rings is 1. The Balaban J connectivity index is 1.31. The lowest BCUT2D eigenvalue weighted by molar-refractivity contribution is -0.121. The van der Waals surface area contributed by atoms with Crippen molar-refractivity contribution in [3.63, 3.8) is 0 Å². The van der Waals surface area contributed by atoms with E-state index in [1.165, 1.54) is 29.2 Å². The molecule has 8 nitrogen and oxygen atoms in total. The largest absolute Gasteiger partial charge is 0.485 e. The van der Waals surface area contributed by atoms with Crippen LogP contribution in [0.15, 0.2) is 59.0 Å². The molecule has 0 N–H and O–H groups in total. The first-order valence-corrected chi connectivity index (χ1v) is 11.3. The van der Waals surface area contributed by atoms with Crippen LogP contribution < -0.4 is 14.4 Å². The summed E-state index contributed by atoms with van der Waals surface area (Å²) in [6, 6.07) is 13.5. The van der Waals surface area contributed by atoms with Gasteiger partial charge in [-0.3, -0.25) is 19.3 Å². The summed E-state index contributed by atoms with van der Waals surface area (Å²) < 4.78 is 29.8.